The van der Waals surface area contributed by atoms with E-state index in [4.69, 9.17) is 39.3 Å². The number of nitrogens with two attached hydrogens (primary N) is 1. The Hall–Kier alpha value is -0.892. The van der Waals surface area contributed by atoms with E-state index in [1.807, 2.05) is 0 Å². The first-order valence-corrected chi connectivity index (χ1v) is 10.00. The van der Waals surface area contributed by atoms with Crippen molar-refractivity contribution in [1.29, 1.82) is 0 Å². The molecule has 9 nitrogen and oxygen atoms in total. The van der Waals surface area contributed by atoms with Crippen LogP contribution >= 0.6 is 18.8 Å². The van der Waals surface area contributed by atoms with Gasteiger partial charge >= 0.3 is 59.2 Å². The van der Waals surface area contributed by atoms with E-state index >= 15 is 0 Å². The molecule has 0 rings (SSSR count). The number of hydrogen-bond donors (Lipinski definition) is 4. The van der Waals surface area contributed by atoms with Gasteiger partial charge < -0.3 is 34.0 Å². The van der Waals surface area contributed by atoms with Crippen molar-refractivity contribution in [3.63, 3.8) is 0 Å². The van der Waals surface area contributed by atoms with Gasteiger partial charge in [-0.25, -0.2) is 0 Å². The molecule has 0 saturated heterocycles. The normalized spacial score (nSPS) is 7.52. The molecule has 0 spiro atoms. The van der Waals surface area contributed by atoms with Crippen LogP contribution in [0.5, 0.6) is 0 Å². The van der Waals surface area contributed by atoms with Gasteiger partial charge in [0.2, 0.25) is 0 Å². The van der Waals surface area contributed by atoms with E-state index in [-0.39, 0.29) is 39.3 Å². The van der Waals surface area contributed by atoms with E-state index < -0.39 is 40.4 Å². The molecule has 0 unspecified atom stereocenters. The van der Waals surface area contributed by atoms with Crippen LogP contribution in [-0.4, -0.2) is 44.3 Å². The molecule has 0 fully saturated rings. The SMILES string of the molecule is O=C(O)CCC(=O)O.O=C(O)CCC(=O)O.[CH3-].[Cl][Pt+2][Cl].[NH2-]. The Morgan fingerprint density at radius 3 is 0.810 bits per heavy atom. The minimum atomic E-state index is -1.08. The summed E-state index contributed by atoms with van der Waals surface area (Å²) in [6, 6.07) is 0. The zero-order valence-electron chi connectivity index (χ0n) is 10.9. The van der Waals surface area contributed by atoms with Gasteiger partial charge in [0.25, 0.3) is 0 Å². The van der Waals surface area contributed by atoms with E-state index in [0.29, 0.717) is 0 Å². The Morgan fingerprint density at radius 2 is 0.762 bits per heavy atom. The summed E-state index contributed by atoms with van der Waals surface area (Å²) in [4.78, 5) is 38.6. The fourth-order valence-electron chi connectivity index (χ4n) is 0.428. The summed E-state index contributed by atoms with van der Waals surface area (Å²) in [7, 11) is 9.75. The molecule has 6 N–H and O–H groups in total. The van der Waals surface area contributed by atoms with E-state index in [2.05, 4.69) is 0 Å². The molecule has 12 heteroatoms. The first-order chi connectivity index (χ1) is 8.67. The van der Waals surface area contributed by atoms with Gasteiger partial charge in [0, 0.05) is 0 Å². The van der Waals surface area contributed by atoms with Gasteiger partial charge in [0.15, 0.2) is 0 Å². The zero-order chi connectivity index (χ0) is 15.8. The molecule has 130 valence electrons. The van der Waals surface area contributed by atoms with Gasteiger partial charge in [0.05, 0.1) is 25.7 Å². The van der Waals surface area contributed by atoms with E-state index in [1.165, 1.54) is 0 Å². The third kappa shape index (κ3) is 67.4. The Bertz CT molecular complexity index is 247. The summed E-state index contributed by atoms with van der Waals surface area (Å²) >= 11 is -0.472. The summed E-state index contributed by atoms with van der Waals surface area (Å²) in [5.74, 6) is -4.31. The number of hydrogen-bond acceptors (Lipinski definition) is 4. The van der Waals surface area contributed by atoms with Crippen LogP contribution in [0.1, 0.15) is 25.7 Å². The Morgan fingerprint density at radius 1 is 0.667 bits per heavy atom. The van der Waals surface area contributed by atoms with Gasteiger partial charge in [-0.2, -0.15) is 0 Å². The van der Waals surface area contributed by atoms with Crippen molar-refractivity contribution in [2.24, 2.45) is 0 Å². The smallest absolute Gasteiger partial charge is 0.693 e. The van der Waals surface area contributed by atoms with Crippen molar-refractivity contribution in [1.82, 2.24) is 0 Å². The maximum atomic E-state index is 9.64. The molecular weight excluding hydrogens is 516 g/mol. The molecule has 0 amide bonds. The molecule has 0 aliphatic rings. The quantitative estimate of drug-likeness (QED) is 0.376. The number of aliphatic carboxylic acids is 4. The number of carboxylic acid groups (broad SMARTS) is 4. The Balaban J connectivity index is -0.0000000634. The minimum Gasteiger partial charge on any atom is -0.693 e. The molecule has 0 atom stereocenters. The largest absolute Gasteiger partial charge is 0.693 e. The average Bonchev–Trinajstić information content (AvgIpc) is 2.25. The number of carboxylic acids is 4. The number of halogens is 2. The molecule has 0 aromatic carbocycles. The number of rotatable bonds is 6. The molecule has 21 heavy (non-hydrogen) atoms. The van der Waals surface area contributed by atoms with Crippen LogP contribution in [0.3, 0.4) is 0 Å². The fraction of sp³-hybridized carbons (Fsp3) is 0.444. The summed E-state index contributed by atoms with van der Waals surface area (Å²) in [5, 5.41) is 31.6. The molecule has 0 aliphatic carbocycles. The summed E-state index contributed by atoms with van der Waals surface area (Å²) < 4.78 is 0. The zero-order valence-corrected chi connectivity index (χ0v) is 14.7. The molecule has 0 saturated carbocycles. The van der Waals surface area contributed by atoms with Gasteiger partial charge in [-0.05, 0) is 0 Å². The predicted molar refractivity (Wildman–Crippen MR) is 72.4 cm³/mol. The summed E-state index contributed by atoms with van der Waals surface area (Å²) in [5.41, 5.74) is 0. The van der Waals surface area contributed by atoms with E-state index in [0.717, 1.165) is 0 Å². The van der Waals surface area contributed by atoms with Crippen LogP contribution in [0.25, 0.3) is 6.15 Å². The number of carbonyl (C=O) groups is 4. The van der Waals surface area contributed by atoms with Crippen molar-refractivity contribution < 1.29 is 56.1 Å². The second kappa shape index (κ2) is 24.1. The average molecular weight is 533 g/mol. The van der Waals surface area contributed by atoms with Gasteiger partial charge in [-0.15, -0.1) is 0 Å². The van der Waals surface area contributed by atoms with Crippen molar-refractivity contribution in [3.8, 4) is 0 Å². The molecule has 0 aliphatic heterocycles. The Labute approximate surface area is 138 Å². The fourth-order valence-corrected chi connectivity index (χ4v) is 0.428. The predicted octanol–water partition coefficient (Wildman–Crippen LogP) is 2.42. The molecule has 0 heterocycles. The topological polar surface area (TPSA) is 183 Å². The maximum Gasteiger partial charge on any atom is -0.693 e. The van der Waals surface area contributed by atoms with Gasteiger partial charge in [-0.1, -0.05) is 0 Å². The van der Waals surface area contributed by atoms with Crippen molar-refractivity contribution in [3.05, 3.63) is 13.6 Å². The maximum absolute atomic E-state index is 9.64. The first-order valence-electron chi connectivity index (χ1n) is 4.36. The van der Waals surface area contributed by atoms with Crippen molar-refractivity contribution in [2.45, 2.75) is 25.7 Å². The third-order valence-corrected chi connectivity index (χ3v) is 1.11. The second-order valence-corrected chi connectivity index (χ2v) is 5.90. The van der Waals surface area contributed by atoms with E-state index in [9.17, 15) is 19.2 Å². The van der Waals surface area contributed by atoms with Crippen LogP contribution in [0.15, 0.2) is 0 Å². The van der Waals surface area contributed by atoms with Crippen LogP contribution in [0.4, 0.5) is 0 Å². The summed E-state index contributed by atoms with van der Waals surface area (Å²) in [6.07, 6.45) is -1.19. The van der Waals surface area contributed by atoms with E-state index in [1.54, 1.807) is 0 Å². The minimum absolute atomic E-state index is 0. The first kappa shape index (κ1) is 32.2. The van der Waals surface area contributed by atoms with Crippen molar-refractivity contribution in [2.75, 3.05) is 0 Å². The Kier molecular flexibility index (Phi) is 37.0. The summed E-state index contributed by atoms with van der Waals surface area (Å²) in [6.45, 7) is 0. The van der Waals surface area contributed by atoms with Crippen molar-refractivity contribution >= 4 is 42.7 Å². The third-order valence-electron chi connectivity index (χ3n) is 1.11. The molecule has 0 aromatic heterocycles. The molecular formula is C9H17Cl2NO8Pt. The molecule has 0 aromatic rings. The van der Waals surface area contributed by atoms with Crippen LogP contribution in [-0.2, 0) is 35.7 Å². The van der Waals surface area contributed by atoms with Gasteiger partial charge in [-0.3, -0.25) is 19.2 Å². The molecule has 0 bridgehead atoms. The monoisotopic (exact) mass is 532 g/mol. The molecule has 0 radical (unpaired) electrons. The second-order valence-electron chi connectivity index (χ2n) is 2.62. The van der Waals surface area contributed by atoms with Crippen LogP contribution in [0, 0.1) is 7.43 Å². The van der Waals surface area contributed by atoms with Crippen LogP contribution in [0.2, 0.25) is 0 Å². The van der Waals surface area contributed by atoms with Crippen LogP contribution < -0.4 is 0 Å². The van der Waals surface area contributed by atoms with Gasteiger partial charge in [0.1, 0.15) is 0 Å². The standard InChI is InChI=1S/2C4H6O4.CH3.2ClH.H2N.Pt/c2*5-3(6)1-2-4(7)8;;;;;/h2*1-2H2,(H,5,6)(H,7,8);1H3;2*1H;1H2;/q;;-1;;;-1;+4/p-2.